The third-order valence-electron chi connectivity index (χ3n) is 9.61. The number of benzene rings is 7. The summed E-state index contributed by atoms with van der Waals surface area (Å²) in [5.74, 6) is 1.36. The molecule has 5 heteroatoms. The van der Waals surface area contributed by atoms with Crippen molar-refractivity contribution in [2.75, 3.05) is 0 Å². The number of nitrogens with zero attached hydrogens (tertiary/aromatic N) is 5. The molecule has 0 unspecified atom stereocenters. The molecule has 0 saturated heterocycles. The molecule has 0 aliphatic heterocycles. The van der Waals surface area contributed by atoms with Gasteiger partial charge in [0, 0.05) is 49.5 Å². The van der Waals surface area contributed by atoms with E-state index in [2.05, 4.69) is 120 Å². The van der Waals surface area contributed by atoms with Gasteiger partial charge in [-0.25, -0.2) is 19.9 Å². The van der Waals surface area contributed by atoms with Gasteiger partial charge < -0.3 is 4.57 Å². The highest BCUT2D eigenvalue weighted by Crippen LogP contribution is 2.35. The van der Waals surface area contributed by atoms with Crippen molar-refractivity contribution < 1.29 is 0 Å². The Morgan fingerprint density at radius 1 is 0.314 bits per heavy atom. The molecule has 0 amide bonds. The van der Waals surface area contributed by atoms with E-state index in [-0.39, 0.29) is 0 Å². The molecule has 0 N–H and O–H groups in total. The maximum atomic E-state index is 5.25. The summed E-state index contributed by atoms with van der Waals surface area (Å²) < 4.78 is 2.34. The van der Waals surface area contributed by atoms with Gasteiger partial charge in [0.15, 0.2) is 11.6 Å². The van der Waals surface area contributed by atoms with Crippen molar-refractivity contribution in [2.45, 2.75) is 0 Å². The van der Waals surface area contributed by atoms with Crippen LogP contribution in [0.4, 0.5) is 0 Å². The van der Waals surface area contributed by atoms with Crippen LogP contribution in [0.3, 0.4) is 0 Å². The quantitative estimate of drug-likeness (QED) is 0.186. The summed E-state index contributed by atoms with van der Waals surface area (Å²) in [6.45, 7) is 0. The second kappa shape index (κ2) is 11.9. The normalized spacial score (nSPS) is 11.5. The standard InChI is InChI=1S/C46H29N5/c1-2-13-31(14-3-1)45-47-40-22-9-5-20-38(40)44(50-45)32-15-12-16-33(29-32)46-48-39-21-8-4-19-37(39)43(49-46)30-25-27-34(28-26-30)51-41-23-10-6-17-35(41)36-18-7-11-24-42(36)51/h1-29H. The maximum Gasteiger partial charge on any atom is 0.160 e. The SMILES string of the molecule is c1ccc(-c2nc(-c3cccc(-c4nc(-c5ccc(-n6c7ccccc7c7ccccc76)cc5)c5ccccc5n4)c3)c3ccccc3n2)cc1. The molecule has 0 aliphatic rings. The van der Waals surface area contributed by atoms with E-state index in [4.69, 9.17) is 19.9 Å². The topological polar surface area (TPSA) is 56.5 Å². The molecule has 7 aromatic carbocycles. The molecule has 0 radical (unpaired) electrons. The molecule has 5 nitrogen and oxygen atoms in total. The molecular formula is C46H29N5. The summed E-state index contributed by atoms with van der Waals surface area (Å²) in [5, 5.41) is 4.50. The number of hydrogen-bond donors (Lipinski definition) is 0. The van der Waals surface area contributed by atoms with Crippen LogP contribution >= 0.6 is 0 Å². The summed E-state index contributed by atoms with van der Waals surface area (Å²) in [6.07, 6.45) is 0. The largest absolute Gasteiger partial charge is 0.309 e. The number of hydrogen-bond acceptors (Lipinski definition) is 4. The van der Waals surface area contributed by atoms with Crippen LogP contribution in [0.15, 0.2) is 176 Å². The van der Waals surface area contributed by atoms with Gasteiger partial charge in [-0.05, 0) is 42.5 Å². The molecule has 51 heavy (non-hydrogen) atoms. The predicted molar refractivity (Wildman–Crippen MR) is 209 cm³/mol. The number of aromatic nitrogens is 5. The fourth-order valence-corrected chi connectivity index (χ4v) is 7.21. The van der Waals surface area contributed by atoms with Crippen LogP contribution in [-0.4, -0.2) is 24.5 Å². The summed E-state index contributed by atoms with van der Waals surface area (Å²) in [7, 11) is 0. The Labute approximate surface area is 294 Å². The van der Waals surface area contributed by atoms with Crippen molar-refractivity contribution in [1.29, 1.82) is 0 Å². The van der Waals surface area contributed by atoms with Gasteiger partial charge in [-0.3, -0.25) is 0 Å². The minimum absolute atomic E-state index is 0.665. The Bertz CT molecular complexity index is 2860. The van der Waals surface area contributed by atoms with Crippen molar-refractivity contribution >= 4 is 43.6 Å². The predicted octanol–water partition coefficient (Wildman–Crippen LogP) is 11.3. The van der Waals surface area contributed by atoms with E-state index < -0.39 is 0 Å². The molecule has 10 rings (SSSR count). The van der Waals surface area contributed by atoms with E-state index >= 15 is 0 Å². The minimum Gasteiger partial charge on any atom is -0.309 e. The molecule has 0 saturated carbocycles. The van der Waals surface area contributed by atoms with Gasteiger partial charge >= 0.3 is 0 Å². The highest BCUT2D eigenvalue weighted by atomic mass is 15.0. The van der Waals surface area contributed by atoms with Crippen LogP contribution in [0.5, 0.6) is 0 Å². The van der Waals surface area contributed by atoms with Gasteiger partial charge in [-0.2, -0.15) is 0 Å². The zero-order chi connectivity index (χ0) is 33.7. The summed E-state index contributed by atoms with van der Waals surface area (Å²) in [6, 6.07) is 60.8. The lowest BCUT2D eigenvalue weighted by atomic mass is 10.0. The van der Waals surface area contributed by atoms with Crippen LogP contribution in [0, 0.1) is 0 Å². The number of fused-ring (bicyclic) bond motifs is 5. The van der Waals surface area contributed by atoms with Crippen LogP contribution in [0.25, 0.3) is 94.6 Å². The van der Waals surface area contributed by atoms with Gasteiger partial charge in [0.25, 0.3) is 0 Å². The molecule has 3 heterocycles. The molecular weight excluding hydrogens is 623 g/mol. The molecule has 0 atom stereocenters. The second-order valence-electron chi connectivity index (χ2n) is 12.7. The number of para-hydroxylation sites is 4. The Hall–Kier alpha value is -6.98. The first-order valence-corrected chi connectivity index (χ1v) is 17.1. The molecule has 0 fully saturated rings. The van der Waals surface area contributed by atoms with Crippen molar-refractivity contribution in [2.24, 2.45) is 0 Å². The van der Waals surface area contributed by atoms with Crippen molar-refractivity contribution in [3.8, 4) is 51.0 Å². The second-order valence-corrected chi connectivity index (χ2v) is 12.7. The number of rotatable bonds is 5. The van der Waals surface area contributed by atoms with Gasteiger partial charge in [0.2, 0.25) is 0 Å². The molecule has 238 valence electrons. The van der Waals surface area contributed by atoms with E-state index in [1.165, 1.54) is 21.8 Å². The minimum atomic E-state index is 0.665. The van der Waals surface area contributed by atoms with Crippen molar-refractivity contribution in [3.63, 3.8) is 0 Å². The first-order chi connectivity index (χ1) is 25.3. The molecule has 0 bridgehead atoms. The average Bonchev–Trinajstić information content (AvgIpc) is 3.55. The highest BCUT2D eigenvalue weighted by molar-refractivity contribution is 6.09. The van der Waals surface area contributed by atoms with Gasteiger partial charge in [0.1, 0.15) is 0 Å². The van der Waals surface area contributed by atoms with Crippen LogP contribution in [-0.2, 0) is 0 Å². The van der Waals surface area contributed by atoms with Crippen molar-refractivity contribution in [3.05, 3.63) is 176 Å². The molecule has 3 aromatic heterocycles. The lowest BCUT2D eigenvalue weighted by molar-refractivity contribution is 1.18. The Morgan fingerprint density at radius 3 is 1.41 bits per heavy atom. The fourth-order valence-electron chi connectivity index (χ4n) is 7.21. The molecule has 0 aliphatic carbocycles. The third kappa shape index (κ3) is 4.94. The monoisotopic (exact) mass is 651 g/mol. The first-order valence-electron chi connectivity index (χ1n) is 17.1. The third-order valence-corrected chi connectivity index (χ3v) is 9.61. The fraction of sp³-hybridized carbons (Fsp3) is 0. The van der Waals surface area contributed by atoms with E-state index in [1.807, 2.05) is 60.7 Å². The Kier molecular flexibility index (Phi) is 6.74. The van der Waals surface area contributed by atoms with Gasteiger partial charge in [0.05, 0.1) is 33.5 Å². The van der Waals surface area contributed by atoms with Gasteiger partial charge in [-0.15, -0.1) is 0 Å². The summed E-state index contributed by atoms with van der Waals surface area (Å²) >= 11 is 0. The molecule has 0 spiro atoms. The van der Waals surface area contributed by atoms with Crippen LogP contribution in [0.1, 0.15) is 0 Å². The average molecular weight is 652 g/mol. The van der Waals surface area contributed by atoms with Crippen LogP contribution in [0.2, 0.25) is 0 Å². The van der Waals surface area contributed by atoms with Crippen molar-refractivity contribution in [1.82, 2.24) is 24.5 Å². The lowest BCUT2D eigenvalue weighted by Crippen LogP contribution is -1.98. The molecule has 10 aromatic rings. The van der Waals surface area contributed by atoms with E-state index in [9.17, 15) is 0 Å². The Balaban J connectivity index is 1.09. The van der Waals surface area contributed by atoms with Crippen LogP contribution < -0.4 is 0 Å². The summed E-state index contributed by atoms with van der Waals surface area (Å²) in [4.78, 5) is 20.3. The lowest BCUT2D eigenvalue weighted by Gasteiger charge is -2.13. The smallest absolute Gasteiger partial charge is 0.160 e. The zero-order valence-corrected chi connectivity index (χ0v) is 27.5. The van der Waals surface area contributed by atoms with E-state index in [0.29, 0.717) is 11.6 Å². The van der Waals surface area contributed by atoms with E-state index in [1.54, 1.807) is 0 Å². The van der Waals surface area contributed by atoms with E-state index in [0.717, 1.165) is 61.1 Å². The Morgan fingerprint density at radius 2 is 0.784 bits per heavy atom. The summed E-state index contributed by atoms with van der Waals surface area (Å²) in [5.41, 5.74) is 11.0. The van der Waals surface area contributed by atoms with Gasteiger partial charge in [-0.1, -0.05) is 133 Å². The maximum absolute atomic E-state index is 5.25. The zero-order valence-electron chi connectivity index (χ0n) is 27.5. The first kappa shape index (κ1) is 29.0. The highest BCUT2D eigenvalue weighted by Gasteiger charge is 2.16.